The Morgan fingerprint density at radius 2 is 2.30 bits per heavy atom. The molecule has 0 fully saturated rings. The zero-order valence-corrected chi connectivity index (χ0v) is 12.6. The van der Waals surface area contributed by atoms with Gasteiger partial charge in [-0.05, 0) is 26.0 Å². The number of carbonyl (C=O) groups is 1. The monoisotopic (exact) mass is 312 g/mol. The van der Waals surface area contributed by atoms with Crippen LogP contribution in [-0.4, -0.2) is 17.6 Å². The second kappa shape index (κ2) is 6.23. The van der Waals surface area contributed by atoms with Gasteiger partial charge in [-0.1, -0.05) is 11.8 Å². The summed E-state index contributed by atoms with van der Waals surface area (Å²) >= 11 is 2.58. The Morgan fingerprint density at radius 3 is 2.90 bits per heavy atom. The fourth-order valence-electron chi connectivity index (χ4n) is 1.51. The average Bonchev–Trinajstić information content (AvgIpc) is 2.78. The van der Waals surface area contributed by atoms with Gasteiger partial charge in [0.1, 0.15) is 5.82 Å². The lowest BCUT2D eigenvalue weighted by Gasteiger charge is -2.08. The van der Waals surface area contributed by atoms with Crippen LogP contribution in [0.5, 0.6) is 0 Å². The summed E-state index contributed by atoms with van der Waals surface area (Å²) in [4.78, 5) is 16.3. The molecule has 2 rings (SSSR count). The Kier molecular flexibility index (Phi) is 4.61. The van der Waals surface area contributed by atoms with Crippen LogP contribution in [0.25, 0.3) is 0 Å². The number of aryl methyl sites for hydroxylation is 1. The molecule has 1 heterocycles. The number of nitrogens with zero attached hydrogens (tertiary/aromatic N) is 1. The first-order valence-corrected chi connectivity index (χ1v) is 7.57. The quantitative estimate of drug-likeness (QED) is 0.691. The molecule has 0 unspecified atom stereocenters. The van der Waals surface area contributed by atoms with E-state index in [0.29, 0.717) is 9.24 Å². The van der Waals surface area contributed by atoms with Crippen molar-refractivity contribution in [3.8, 4) is 0 Å². The van der Waals surface area contributed by atoms with Gasteiger partial charge in [-0.15, -0.1) is 11.3 Å². The summed E-state index contributed by atoms with van der Waals surface area (Å²) in [7, 11) is 0. The lowest BCUT2D eigenvalue weighted by atomic mass is 10.2. The van der Waals surface area contributed by atoms with Crippen molar-refractivity contribution >= 4 is 34.8 Å². The minimum atomic E-state index is -0.554. The number of thiazole rings is 1. The van der Waals surface area contributed by atoms with E-state index in [1.165, 1.54) is 17.4 Å². The number of nitrogen functional groups attached to an aromatic ring is 1. The molecule has 0 amide bonds. The smallest absolute Gasteiger partial charge is 0.340 e. The number of hydrogen-bond donors (Lipinski definition) is 1. The summed E-state index contributed by atoms with van der Waals surface area (Å²) in [6.45, 7) is 3.80. The molecule has 7 heteroatoms. The Balaban J connectivity index is 2.33. The highest BCUT2D eigenvalue weighted by atomic mass is 32.2. The molecule has 20 heavy (non-hydrogen) atoms. The molecule has 0 saturated heterocycles. The van der Waals surface area contributed by atoms with Crippen molar-refractivity contribution in [1.82, 2.24) is 4.98 Å². The highest BCUT2D eigenvalue weighted by Gasteiger charge is 2.16. The second-order valence-electron chi connectivity index (χ2n) is 3.95. The number of rotatable bonds is 4. The van der Waals surface area contributed by atoms with E-state index in [1.807, 2.05) is 12.3 Å². The van der Waals surface area contributed by atoms with Crippen LogP contribution in [0.1, 0.15) is 23.0 Å². The van der Waals surface area contributed by atoms with Crippen LogP contribution in [0.2, 0.25) is 0 Å². The Labute approximate surface area is 124 Å². The summed E-state index contributed by atoms with van der Waals surface area (Å²) in [5.41, 5.74) is 6.77. The van der Waals surface area contributed by atoms with Crippen LogP contribution in [0.3, 0.4) is 0 Å². The Hall–Kier alpha value is -1.60. The van der Waals surface area contributed by atoms with Gasteiger partial charge >= 0.3 is 5.97 Å². The van der Waals surface area contributed by atoms with Crippen LogP contribution in [-0.2, 0) is 4.74 Å². The van der Waals surface area contributed by atoms with Gasteiger partial charge in [-0.25, -0.2) is 14.2 Å². The van der Waals surface area contributed by atoms with Crippen LogP contribution in [0.4, 0.5) is 10.1 Å². The number of benzene rings is 1. The number of halogens is 1. The van der Waals surface area contributed by atoms with Gasteiger partial charge < -0.3 is 10.5 Å². The number of aromatic nitrogens is 1. The van der Waals surface area contributed by atoms with Crippen molar-refractivity contribution in [2.24, 2.45) is 0 Å². The first kappa shape index (κ1) is 14.8. The number of hydrogen-bond acceptors (Lipinski definition) is 6. The number of carbonyl (C=O) groups excluding carboxylic acids is 1. The predicted molar refractivity (Wildman–Crippen MR) is 77.7 cm³/mol. The molecule has 106 valence electrons. The number of anilines is 1. The highest BCUT2D eigenvalue weighted by Crippen LogP contribution is 2.34. The van der Waals surface area contributed by atoms with Gasteiger partial charge in [0.2, 0.25) is 0 Å². The minimum absolute atomic E-state index is 0.0700. The zero-order valence-electron chi connectivity index (χ0n) is 11.0. The molecule has 1 aromatic heterocycles. The molecular weight excluding hydrogens is 299 g/mol. The van der Waals surface area contributed by atoms with Crippen LogP contribution >= 0.6 is 23.1 Å². The van der Waals surface area contributed by atoms with Crippen molar-refractivity contribution in [1.29, 1.82) is 0 Å². The molecule has 4 nitrogen and oxygen atoms in total. The lowest BCUT2D eigenvalue weighted by molar-refractivity contribution is 0.0527. The predicted octanol–water partition coefficient (Wildman–Crippen LogP) is 3.50. The van der Waals surface area contributed by atoms with Crippen molar-refractivity contribution in [2.45, 2.75) is 23.1 Å². The largest absolute Gasteiger partial charge is 0.462 e. The first-order chi connectivity index (χ1) is 9.51. The van der Waals surface area contributed by atoms with Gasteiger partial charge in [-0.2, -0.15) is 0 Å². The Morgan fingerprint density at radius 1 is 1.55 bits per heavy atom. The van der Waals surface area contributed by atoms with E-state index < -0.39 is 11.8 Å². The summed E-state index contributed by atoms with van der Waals surface area (Å²) < 4.78 is 19.5. The third kappa shape index (κ3) is 3.29. The Bertz CT molecular complexity index is 643. The zero-order chi connectivity index (χ0) is 14.7. The molecule has 0 bridgehead atoms. The molecule has 2 N–H and O–H groups in total. The van der Waals surface area contributed by atoms with E-state index in [-0.39, 0.29) is 17.9 Å². The fourth-order valence-corrected chi connectivity index (χ4v) is 3.34. The minimum Gasteiger partial charge on any atom is -0.462 e. The van der Waals surface area contributed by atoms with Crippen LogP contribution in [0.15, 0.2) is 26.7 Å². The van der Waals surface area contributed by atoms with E-state index in [2.05, 4.69) is 4.98 Å². The van der Waals surface area contributed by atoms with Crippen molar-refractivity contribution in [3.63, 3.8) is 0 Å². The molecule has 0 radical (unpaired) electrons. The van der Waals surface area contributed by atoms with Gasteiger partial charge in [0.25, 0.3) is 0 Å². The molecule has 0 aliphatic carbocycles. The average molecular weight is 312 g/mol. The topological polar surface area (TPSA) is 65.2 Å². The normalized spacial score (nSPS) is 10.6. The molecule has 0 saturated carbocycles. The van der Waals surface area contributed by atoms with E-state index in [9.17, 15) is 9.18 Å². The molecule has 0 spiro atoms. The van der Waals surface area contributed by atoms with Gasteiger partial charge in [0.05, 0.1) is 17.1 Å². The van der Waals surface area contributed by atoms with E-state index in [1.54, 1.807) is 6.92 Å². The van der Waals surface area contributed by atoms with E-state index in [4.69, 9.17) is 10.5 Å². The third-order valence-corrected chi connectivity index (χ3v) is 4.48. The molecule has 0 aliphatic rings. The summed E-state index contributed by atoms with van der Waals surface area (Å²) in [6.07, 6.45) is 0. The van der Waals surface area contributed by atoms with Gasteiger partial charge in [-0.3, -0.25) is 0 Å². The summed E-state index contributed by atoms with van der Waals surface area (Å²) in [5, 5.41) is 1.88. The van der Waals surface area contributed by atoms with Gasteiger partial charge in [0, 0.05) is 16.8 Å². The maximum absolute atomic E-state index is 13.9. The fraction of sp³-hybridized carbons (Fsp3) is 0.231. The lowest BCUT2D eigenvalue weighted by Crippen LogP contribution is -2.08. The van der Waals surface area contributed by atoms with Gasteiger partial charge in [0.15, 0.2) is 4.34 Å². The second-order valence-corrected chi connectivity index (χ2v) is 6.09. The van der Waals surface area contributed by atoms with E-state index >= 15 is 0 Å². The molecule has 0 atom stereocenters. The van der Waals surface area contributed by atoms with Crippen molar-refractivity contribution in [3.05, 3.63) is 34.6 Å². The highest BCUT2D eigenvalue weighted by molar-refractivity contribution is 8.01. The number of nitrogens with two attached hydrogens (primary N) is 1. The standard InChI is InChI=1S/C13H13FN2O2S2/c1-3-18-12(17)8-4-11(9(14)5-10(8)15)20-13-16-7(2)6-19-13/h4-6H,3,15H2,1-2H3. The van der Waals surface area contributed by atoms with Crippen molar-refractivity contribution < 1.29 is 13.9 Å². The van der Waals surface area contributed by atoms with Crippen LogP contribution in [0, 0.1) is 12.7 Å². The SMILES string of the molecule is CCOC(=O)c1cc(Sc2nc(C)cs2)c(F)cc1N. The van der Waals surface area contributed by atoms with Crippen molar-refractivity contribution in [2.75, 3.05) is 12.3 Å². The van der Waals surface area contributed by atoms with Crippen LogP contribution < -0.4 is 5.73 Å². The summed E-state index contributed by atoms with van der Waals surface area (Å²) in [5.74, 6) is -1.03. The van der Waals surface area contributed by atoms with E-state index in [0.717, 1.165) is 23.5 Å². The molecule has 2 aromatic rings. The maximum Gasteiger partial charge on any atom is 0.340 e. The molecule has 1 aromatic carbocycles. The third-order valence-electron chi connectivity index (χ3n) is 2.39. The first-order valence-electron chi connectivity index (χ1n) is 5.87. The molecular formula is C13H13FN2O2S2. The maximum atomic E-state index is 13.9. The molecule has 0 aliphatic heterocycles. The summed E-state index contributed by atoms with van der Waals surface area (Å²) in [6, 6.07) is 2.54. The number of esters is 1. The number of ether oxygens (including phenoxy) is 1.